The van der Waals surface area contributed by atoms with Gasteiger partial charge in [0, 0.05) is 25.1 Å². The lowest BCUT2D eigenvalue weighted by Gasteiger charge is -2.31. The van der Waals surface area contributed by atoms with Crippen LogP contribution in [0.5, 0.6) is 0 Å². The molecule has 2 nitrogen and oxygen atoms in total. The van der Waals surface area contributed by atoms with E-state index in [0.29, 0.717) is 6.61 Å². The molecule has 0 aliphatic carbocycles. The van der Waals surface area contributed by atoms with Gasteiger partial charge < -0.3 is 4.74 Å². The Balaban J connectivity index is 1.49. The molecule has 4 aromatic carbocycles. The highest BCUT2D eigenvalue weighted by Gasteiger charge is 2.21. The van der Waals surface area contributed by atoms with Gasteiger partial charge in [-0.1, -0.05) is 97.1 Å². The number of hydrogen-bond donors (Lipinski definition) is 0. The Morgan fingerprint density at radius 3 is 2.21 bits per heavy atom. The molecule has 1 saturated heterocycles. The van der Waals surface area contributed by atoms with Crippen molar-refractivity contribution in [1.29, 1.82) is 0 Å². The summed E-state index contributed by atoms with van der Waals surface area (Å²) < 4.78 is 19.8. The van der Waals surface area contributed by atoms with Crippen LogP contribution in [0.25, 0.3) is 16.7 Å². The maximum Gasteiger partial charge on any atom is 0.123 e. The van der Waals surface area contributed by atoms with Gasteiger partial charge in [0.25, 0.3) is 0 Å². The summed E-state index contributed by atoms with van der Waals surface area (Å²) in [5.74, 6) is 0.810. The van der Waals surface area contributed by atoms with E-state index in [0.717, 1.165) is 42.9 Å². The lowest BCUT2D eigenvalue weighted by atomic mass is 9.91. The largest absolute Gasteiger partial charge is 0.495 e. The Kier molecular flexibility index (Phi) is 6.83. The van der Waals surface area contributed by atoms with Gasteiger partial charge in [-0.2, -0.15) is 0 Å². The molecule has 5 rings (SSSR count). The van der Waals surface area contributed by atoms with Crippen molar-refractivity contribution in [2.24, 2.45) is 0 Å². The van der Waals surface area contributed by atoms with Gasteiger partial charge >= 0.3 is 0 Å². The molecule has 1 aliphatic heterocycles. The number of morpholine rings is 1. The average Bonchev–Trinajstić information content (AvgIpc) is 2.89. The van der Waals surface area contributed by atoms with Gasteiger partial charge in [-0.3, -0.25) is 4.90 Å². The number of hydrogen-bond acceptors (Lipinski definition) is 2. The molecule has 3 heteroatoms. The summed E-state index contributed by atoms with van der Waals surface area (Å²) in [7, 11) is 0. The van der Waals surface area contributed by atoms with Crippen LogP contribution in [0.1, 0.15) is 16.7 Å². The molecule has 34 heavy (non-hydrogen) atoms. The SMILES string of the molecule is Fc1ccc(-c2ccccc2C/C(=C2\CN(Cc3ccccc3)CCO2)c2ccccc2)cc1. The van der Waals surface area contributed by atoms with Gasteiger partial charge in [0.2, 0.25) is 0 Å². The zero-order valence-corrected chi connectivity index (χ0v) is 19.2. The Bertz CT molecular complexity index is 1250. The smallest absolute Gasteiger partial charge is 0.123 e. The molecule has 0 atom stereocenters. The number of rotatable bonds is 6. The zero-order chi connectivity index (χ0) is 23.2. The molecule has 1 heterocycles. The van der Waals surface area contributed by atoms with Gasteiger partial charge in [-0.25, -0.2) is 4.39 Å². The fraction of sp³-hybridized carbons (Fsp3) is 0.161. The molecule has 4 aromatic rings. The number of allylic oxidation sites excluding steroid dienone is 1. The lowest BCUT2D eigenvalue weighted by Crippen LogP contribution is -2.35. The Hall–Kier alpha value is -3.69. The summed E-state index contributed by atoms with van der Waals surface area (Å²) in [6.45, 7) is 3.27. The number of ether oxygens (including phenoxy) is 1. The molecule has 1 fully saturated rings. The summed E-state index contributed by atoms with van der Waals surface area (Å²) in [4.78, 5) is 2.45. The molecule has 0 spiro atoms. The van der Waals surface area contributed by atoms with Crippen molar-refractivity contribution in [1.82, 2.24) is 4.90 Å². The van der Waals surface area contributed by atoms with E-state index in [1.807, 2.05) is 24.3 Å². The van der Waals surface area contributed by atoms with Crippen molar-refractivity contribution < 1.29 is 9.13 Å². The van der Waals surface area contributed by atoms with E-state index in [1.165, 1.54) is 34.4 Å². The minimum Gasteiger partial charge on any atom is -0.495 e. The van der Waals surface area contributed by atoms with Crippen molar-refractivity contribution in [2.75, 3.05) is 19.7 Å². The van der Waals surface area contributed by atoms with E-state index in [-0.39, 0.29) is 5.82 Å². The molecule has 0 saturated carbocycles. The molecular weight excluding hydrogens is 421 g/mol. The van der Waals surface area contributed by atoms with Crippen molar-refractivity contribution >= 4 is 5.57 Å². The molecule has 0 radical (unpaired) electrons. The van der Waals surface area contributed by atoms with Gasteiger partial charge in [-0.15, -0.1) is 0 Å². The van der Waals surface area contributed by atoms with Crippen LogP contribution in [-0.4, -0.2) is 24.6 Å². The van der Waals surface area contributed by atoms with E-state index in [2.05, 4.69) is 77.7 Å². The van der Waals surface area contributed by atoms with Gasteiger partial charge in [-0.05, 0) is 39.9 Å². The van der Waals surface area contributed by atoms with Crippen molar-refractivity contribution in [3.63, 3.8) is 0 Å². The van der Waals surface area contributed by atoms with Gasteiger partial charge in [0.05, 0.1) is 6.54 Å². The third kappa shape index (κ3) is 5.27. The number of benzene rings is 4. The zero-order valence-electron chi connectivity index (χ0n) is 19.2. The van der Waals surface area contributed by atoms with Crippen LogP contribution in [-0.2, 0) is 17.7 Å². The topological polar surface area (TPSA) is 12.5 Å². The first kappa shape index (κ1) is 22.1. The van der Waals surface area contributed by atoms with E-state index in [9.17, 15) is 4.39 Å². The summed E-state index contributed by atoms with van der Waals surface area (Å²) >= 11 is 0. The normalized spacial score (nSPS) is 15.6. The molecule has 0 N–H and O–H groups in total. The van der Waals surface area contributed by atoms with Crippen LogP contribution in [0.2, 0.25) is 0 Å². The lowest BCUT2D eigenvalue weighted by molar-refractivity contribution is 0.0906. The molecule has 0 unspecified atom stereocenters. The Morgan fingerprint density at radius 1 is 0.765 bits per heavy atom. The minimum absolute atomic E-state index is 0.220. The molecule has 0 aromatic heterocycles. The first-order valence-corrected chi connectivity index (χ1v) is 11.8. The molecule has 0 bridgehead atoms. The van der Waals surface area contributed by atoms with Crippen molar-refractivity contribution in [3.05, 3.63) is 137 Å². The summed E-state index contributed by atoms with van der Waals surface area (Å²) in [5.41, 5.74) is 7.02. The molecular formula is C31H28FNO. The van der Waals surface area contributed by atoms with Crippen molar-refractivity contribution in [2.45, 2.75) is 13.0 Å². The first-order chi connectivity index (χ1) is 16.8. The monoisotopic (exact) mass is 449 g/mol. The number of halogens is 1. The predicted molar refractivity (Wildman–Crippen MR) is 137 cm³/mol. The second-order valence-electron chi connectivity index (χ2n) is 8.65. The fourth-order valence-corrected chi connectivity index (χ4v) is 4.56. The standard InChI is InChI=1S/C31H28FNO/c32-28-17-15-26(16-18-28)29-14-8-7-13-27(29)21-30(25-11-5-2-6-12-25)31-23-33(19-20-34-31)22-24-9-3-1-4-10-24/h1-18H,19-23H2/b31-30-. The summed E-state index contributed by atoms with van der Waals surface area (Å²) in [6, 6.07) is 36.2. The second kappa shape index (κ2) is 10.5. The highest BCUT2D eigenvalue weighted by molar-refractivity contribution is 5.75. The van der Waals surface area contributed by atoms with Gasteiger partial charge in [0.15, 0.2) is 0 Å². The van der Waals surface area contributed by atoms with Gasteiger partial charge in [0.1, 0.15) is 18.2 Å². The highest BCUT2D eigenvalue weighted by Crippen LogP contribution is 2.32. The van der Waals surface area contributed by atoms with Crippen LogP contribution in [0.3, 0.4) is 0 Å². The van der Waals surface area contributed by atoms with Crippen LogP contribution < -0.4 is 0 Å². The fourth-order valence-electron chi connectivity index (χ4n) is 4.56. The highest BCUT2D eigenvalue weighted by atomic mass is 19.1. The molecule has 170 valence electrons. The van der Waals surface area contributed by atoms with E-state index >= 15 is 0 Å². The predicted octanol–water partition coefficient (Wildman–Crippen LogP) is 6.98. The number of nitrogens with zero attached hydrogens (tertiary/aromatic N) is 1. The average molecular weight is 450 g/mol. The molecule has 1 aliphatic rings. The first-order valence-electron chi connectivity index (χ1n) is 11.8. The van der Waals surface area contributed by atoms with Crippen LogP contribution in [0.4, 0.5) is 4.39 Å². The van der Waals surface area contributed by atoms with Crippen LogP contribution in [0.15, 0.2) is 115 Å². The van der Waals surface area contributed by atoms with E-state index < -0.39 is 0 Å². The van der Waals surface area contributed by atoms with E-state index in [1.54, 1.807) is 0 Å². The maximum atomic E-state index is 13.5. The summed E-state index contributed by atoms with van der Waals surface area (Å²) in [6.07, 6.45) is 0.742. The minimum atomic E-state index is -0.220. The van der Waals surface area contributed by atoms with Crippen LogP contribution >= 0.6 is 0 Å². The van der Waals surface area contributed by atoms with Crippen LogP contribution in [0, 0.1) is 5.82 Å². The Labute approximate surface area is 201 Å². The quantitative estimate of drug-likeness (QED) is 0.315. The third-order valence-electron chi connectivity index (χ3n) is 6.30. The summed E-state index contributed by atoms with van der Waals surface area (Å²) in [5, 5.41) is 0. The third-order valence-corrected chi connectivity index (χ3v) is 6.30. The maximum absolute atomic E-state index is 13.5. The van der Waals surface area contributed by atoms with Crippen molar-refractivity contribution in [3.8, 4) is 11.1 Å². The molecule has 0 amide bonds. The second-order valence-corrected chi connectivity index (χ2v) is 8.65. The Morgan fingerprint density at radius 2 is 1.44 bits per heavy atom. The van der Waals surface area contributed by atoms with E-state index in [4.69, 9.17) is 4.74 Å².